The molecule has 1 aromatic rings. The first-order valence-corrected chi connectivity index (χ1v) is 6.75. The van der Waals surface area contributed by atoms with E-state index in [1.807, 2.05) is 18.4 Å². The van der Waals surface area contributed by atoms with Crippen LogP contribution in [-0.4, -0.2) is 34.8 Å². The SMILES string of the molecule is CCOC(=O)c1nc(CC)n(C2CCOC2C)c1N. The fourth-order valence-corrected chi connectivity index (χ4v) is 2.52. The Morgan fingerprint density at radius 1 is 1.58 bits per heavy atom. The van der Waals surface area contributed by atoms with Gasteiger partial charge in [-0.3, -0.25) is 0 Å². The lowest BCUT2D eigenvalue weighted by Gasteiger charge is -2.19. The second kappa shape index (κ2) is 5.61. The summed E-state index contributed by atoms with van der Waals surface area (Å²) >= 11 is 0. The summed E-state index contributed by atoms with van der Waals surface area (Å²) in [5.41, 5.74) is 6.32. The Labute approximate surface area is 112 Å². The van der Waals surface area contributed by atoms with E-state index < -0.39 is 5.97 Å². The third-order valence-corrected chi connectivity index (χ3v) is 3.47. The summed E-state index contributed by atoms with van der Waals surface area (Å²) in [6.45, 7) is 6.80. The van der Waals surface area contributed by atoms with Crippen LogP contribution < -0.4 is 5.73 Å². The van der Waals surface area contributed by atoms with Crippen molar-refractivity contribution in [3.8, 4) is 0 Å². The molecule has 2 heterocycles. The van der Waals surface area contributed by atoms with Gasteiger partial charge in [-0.05, 0) is 20.3 Å². The molecule has 6 nitrogen and oxygen atoms in total. The van der Waals surface area contributed by atoms with Gasteiger partial charge in [0.15, 0.2) is 5.69 Å². The fourth-order valence-electron chi connectivity index (χ4n) is 2.52. The lowest BCUT2D eigenvalue weighted by Crippen LogP contribution is -2.21. The number of aromatic nitrogens is 2. The summed E-state index contributed by atoms with van der Waals surface area (Å²) in [4.78, 5) is 16.2. The highest BCUT2D eigenvalue weighted by atomic mass is 16.5. The molecule has 0 aromatic carbocycles. The Morgan fingerprint density at radius 3 is 2.84 bits per heavy atom. The minimum Gasteiger partial charge on any atom is -0.461 e. The second-order valence-corrected chi connectivity index (χ2v) is 4.64. The molecule has 1 aliphatic heterocycles. The molecule has 2 N–H and O–H groups in total. The van der Waals surface area contributed by atoms with E-state index in [9.17, 15) is 4.79 Å². The van der Waals surface area contributed by atoms with E-state index in [0.29, 0.717) is 25.5 Å². The van der Waals surface area contributed by atoms with Crippen LogP contribution in [0.2, 0.25) is 0 Å². The van der Waals surface area contributed by atoms with Gasteiger partial charge >= 0.3 is 5.97 Å². The molecule has 1 fully saturated rings. The number of hydrogen-bond acceptors (Lipinski definition) is 5. The van der Waals surface area contributed by atoms with E-state index in [1.165, 1.54) is 0 Å². The van der Waals surface area contributed by atoms with Crippen molar-refractivity contribution in [3.05, 3.63) is 11.5 Å². The Kier molecular flexibility index (Phi) is 4.09. The third kappa shape index (κ3) is 2.45. The van der Waals surface area contributed by atoms with Gasteiger partial charge in [0.25, 0.3) is 0 Å². The predicted octanol–water partition coefficient (Wildman–Crippen LogP) is 1.55. The van der Waals surface area contributed by atoms with Crippen molar-refractivity contribution >= 4 is 11.8 Å². The summed E-state index contributed by atoms with van der Waals surface area (Å²) in [7, 11) is 0. The second-order valence-electron chi connectivity index (χ2n) is 4.64. The van der Waals surface area contributed by atoms with E-state index in [4.69, 9.17) is 15.2 Å². The van der Waals surface area contributed by atoms with Crippen molar-refractivity contribution in [1.82, 2.24) is 9.55 Å². The molecule has 0 bridgehead atoms. The molecule has 1 aromatic heterocycles. The Balaban J connectivity index is 2.39. The lowest BCUT2D eigenvalue weighted by atomic mass is 10.1. The quantitative estimate of drug-likeness (QED) is 0.837. The molecule has 0 radical (unpaired) electrons. The molecule has 0 spiro atoms. The Bertz CT molecular complexity index is 470. The first-order valence-electron chi connectivity index (χ1n) is 6.75. The average molecular weight is 267 g/mol. The number of rotatable bonds is 4. The van der Waals surface area contributed by atoms with Crippen LogP contribution in [0.5, 0.6) is 0 Å². The normalized spacial score (nSPS) is 22.7. The number of carbonyl (C=O) groups is 1. The van der Waals surface area contributed by atoms with Crippen LogP contribution in [0.3, 0.4) is 0 Å². The van der Waals surface area contributed by atoms with Crippen molar-refractivity contribution < 1.29 is 14.3 Å². The van der Waals surface area contributed by atoms with Gasteiger partial charge in [-0.1, -0.05) is 6.92 Å². The first-order chi connectivity index (χ1) is 9.10. The molecule has 106 valence electrons. The molecule has 1 aliphatic rings. The summed E-state index contributed by atoms with van der Waals surface area (Å²) in [6, 6.07) is 0.144. The topological polar surface area (TPSA) is 79.4 Å². The van der Waals surface area contributed by atoms with Crippen molar-refractivity contribution in [2.45, 2.75) is 45.8 Å². The zero-order valence-corrected chi connectivity index (χ0v) is 11.7. The molecule has 0 amide bonds. The van der Waals surface area contributed by atoms with Gasteiger partial charge in [0.05, 0.1) is 18.8 Å². The maximum absolute atomic E-state index is 11.8. The highest BCUT2D eigenvalue weighted by Crippen LogP contribution is 2.31. The summed E-state index contributed by atoms with van der Waals surface area (Å²) in [5, 5.41) is 0. The van der Waals surface area contributed by atoms with Crippen molar-refractivity contribution in [3.63, 3.8) is 0 Å². The number of nitrogen functional groups attached to an aromatic ring is 1. The number of imidazole rings is 1. The number of carbonyl (C=O) groups excluding carboxylic acids is 1. The Morgan fingerprint density at radius 2 is 2.32 bits per heavy atom. The zero-order chi connectivity index (χ0) is 14.0. The van der Waals surface area contributed by atoms with Crippen molar-refractivity contribution in [2.24, 2.45) is 0 Å². The number of anilines is 1. The molecule has 2 unspecified atom stereocenters. The van der Waals surface area contributed by atoms with Crippen LogP contribution in [0.25, 0.3) is 0 Å². The molecule has 6 heteroatoms. The summed E-state index contributed by atoms with van der Waals surface area (Å²) < 4.78 is 12.5. The van der Waals surface area contributed by atoms with Crippen LogP contribution in [0, 0.1) is 0 Å². The molecule has 0 aliphatic carbocycles. The molecule has 19 heavy (non-hydrogen) atoms. The van der Waals surface area contributed by atoms with Gasteiger partial charge in [-0.25, -0.2) is 9.78 Å². The van der Waals surface area contributed by atoms with Crippen LogP contribution in [0.4, 0.5) is 5.82 Å². The molecule has 0 saturated carbocycles. The van der Waals surface area contributed by atoms with Gasteiger partial charge < -0.3 is 19.8 Å². The van der Waals surface area contributed by atoms with Crippen molar-refractivity contribution in [2.75, 3.05) is 18.9 Å². The smallest absolute Gasteiger partial charge is 0.360 e. The zero-order valence-electron chi connectivity index (χ0n) is 11.7. The first kappa shape index (κ1) is 13.9. The van der Waals surface area contributed by atoms with Gasteiger partial charge in [0, 0.05) is 13.0 Å². The van der Waals surface area contributed by atoms with E-state index in [2.05, 4.69) is 4.98 Å². The number of nitrogens with two attached hydrogens (primary N) is 1. The number of nitrogens with zero attached hydrogens (tertiary/aromatic N) is 2. The van der Waals surface area contributed by atoms with Gasteiger partial charge in [0.2, 0.25) is 0 Å². The number of ether oxygens (including phenoxy) is 2. The Hall–Kier alpha value is -1.56. The predicted molar refractivity (Wildman–Crippen MR) is 71.0 cm³/mol. The molecule has 2 atom stereocenters. The average Bonchev–Trinajstić information content (AvgIpc) is 2.93. The minimum absolute atomic E-state index is 0.0804. The fraction of sp³-hybridized carbons (Fsp3) is 0.692. The van der Waals surface area contributed by atoms with Crippen LogP contribution in [0.15, 0.2) is 0 Å². The van der Waals surface area contributed by atoms with Gasteiger partial charge in [-0.2, -0.15) is 0 Å². The number of esters is 1. The number of aryl methyl sites for hydroxylation is 1. The van der Waals surface area contributed by atoms with Crippen molar-refractivity contribution in [1.29, 1.82) is 0 Å². The van der Waals surface area contributed by atoms with Gasteiger partial charge in [-0.15, -0.1) is 0 Å². The highest BCUT2D eigenvalue weighted by Gasteiger charge is 2.31. The van der Waals surface area contributed by atoms with E-state index in [-0.39, 0.29) is 17.8 Å². The molecule has 1 saturated heterocycles. The standard InChI is InChI=1S/C13H21N3O3/c1-4-10-15-11(13(17)18-5-2)12(14)16(10)9-6-7-19-8(9)3/h8-9H,4-7,14H2,1-3H3. The van der Waals surface area contributed by atoms with E-state index >= 15 is 0 Å². The third-order valence-electron chi connectivity index (χ3n) is 3.47. The lowest BCUT2D eigenvalue weighted by molar-refractivity contribution is 0.0521. The van der Waals surface area contributed by atoms with Gasteiger partial charge in [0.1, 0.15) is 11.6 Å². The number of hydrogen-bond donors (Lipinski definition) is 1. The summed E-state index contributed by atoms with van der Waals surface area (Å²) in [5.74, 6) is 0.737. The maximum Gasteiger partial charge on any atom is 0.360 e. The highest BCUT2D eigenvalue weighted by molar-refractivity contribution is 5.92. The van der Waals surface area contributed by atoms with Crippen LogP contribution in [-0.2, 0) is 15.9 Å². The maximum atomic E-state index is 11.8. The monoisotopic (exact) mass is 267 g/mol. The molecular weight excluding hydrogens is 246 g/mol. The summed E-state index contributed by atoms with van der Waals surface area (Å²) in [6.07, 6.45) is 1.68. The van der Waals surface area contributed by atoms with E-state index in [1.54, 1.807) is 6.92 Å². The minimum atomic E-state index is -0.458. The largest absolute Gasteiger partial charge is 0.461 e. The van der Waals surface area contributed by atoms with Crippen LogP contribution >= 0.6 is 0 Å². The molecular formula is C13H21N3O3. The molecule has 2 rings (SSSR count). The van der Waals surface area contributed by atoms with E-state index in [0.717, 1.165) is 12.2 Å². The van der Waals surface area contributed by atoms with Crippen LogP contribution in [0.1, 0.15) is 49.5 Å².